The number of benzene rings is 3. The molecular formula is C28H29Cl2N3O. The highest BCUT2D eigenvalue weighted by atomic mass is 35.5. The highest BCUT2D eigenvalue weighted by Gasteiger charge is 2.20. The van der Waals surface area contributed by atoms with Gasteiger partial charge in [-0.2, -0.15) is 0 Å². The second kappa shape index (κ2) is 10.5. The van der Waals surface area contributed by atoms with Gasteiger partial charge in [-0.05, 0) is 42.0 Å². The zero-order valence-electron chi connectivity index (χ0n) is 19.1. The van der Waals surface area contributed by atoms with E-state index in [2.05, 4.69) is 50.8 Å². The van der Waals surface area contributed by atoms with Gasteiger partial charge in [-0.25, -0.2) is 0 Å². The van der Waals surface area contributed by atoms with Crippen molar-refractivity contribution in [3.63, 3.8) is 0 Å². The predicted octanol–water partition coefficient (Wildman–Crippen LogP) is 5.79. The Bertz CT molecular complexity index is 1230. The van der Waals surface area contributed by atoms with Crippen LogP contribution in [-0.4, -0.2) is 64.8 Å². The van der Waals surface area contributed by atoms with Crippen molar-refractivity contribution < 1.29 is 5.11 Å². The smallest absolute Gasteiger partial charge is 0.0845 e. The van der Waals surface area contributed by atoms with Crippen LogP contribution in [0.15, 0.2) is 72.8 Å². The Kier molecular flexibility index (Phi) is 7.23. The summed E-state index contributed by atoms with van der Waals surface area (Å²) in [6.07, 6.45) is 3.96. The molecule has 4 aromatic rings. The van der Waals surface area contributed by atoms with Gasteiger partial charge in [0.25, 0.3) is 0 Å². The molecule has 2 heterocycles. The van der Waals surface area contributed by atoms with Crippen molar-refractivity contribution in [1.82, 2.24) is 14.4 Å². The van der Waals surface area contributed by atoms with Gasteiger partial charge in [0.2, 0.25) is 0 Å². The van der Waals surface area contributed by atoms with Crippen LogP contribution in [0.3, 0.4) is 0 Å². The molecule has 5 rings (SSSR count). The lowest BCUT2D eigenvalue weighted by molar-refractivity contribution is 0.0688. The second-order valence-electron chi connectivity index (χ2n) is 9.00. The van der Waals surface area contributed by atoms with E-state index in [-0.39, 0.29) is 0 Å². The normalized spacial score (nSPS) is 16.7. The number of halogens is 2. The summed E-state index contributed by atoms with van der Waals surface area (Å²) >= 11 is 12.5. The number of piperazine rings is 1. The van der Waals surface area contributed by atoms with E-state index in [4.69, 9.17) is 23.2 Å². The van der Waals surface area contributed by atoms with Crippen molar-refractivity contribution in [2.45, 2.75) is 12.6 Å². The summed E-state index contributed by atoms with van der Waals surface area (Å²) in [5, 5.41) is 14.5. The monoisotopic (exact) mass is 493 g/mol. The summed E-state index contributed by atoms with van der Waals surface area (Å²) in [6, 6.07) is 22.2. The minimum absolute atomic E-state index is 0.463. The first kappa shape index (κ1) is 23.4. The van der Waals surface area contributed by atoms with Gasteiger partial charge in [0.1, 0.15) is 0 Å². The van der Waals surface area contributed by atoms with Gasteiger partial charge in [-0.15, -0.1) is 0 Å². The van der Waals surface area contributed by atoms with Crippen LogP contribution in [-0.2, 0) is 6.54 Å². The summed E-state index contributed by atoms with van der Waals surface area (Å²) in [5.41, 5.74) is 3.37. The van der Waals surface area contributed by atoms with Crippen LogP contribution in [0.4, 0.5) is 0 Å². The fraction of sp³-hybridized carbons (Fsp3) is 0.286. The maximum absolute atomic E-state index is 11.0. The third-order valence-electron chi connectivity index (χ3n) is 6.59. The van der Waals surface area contributed by atoms with Crippen molar-refractivity contribution in [2.75, 3.05) is 39.3 Å². The maximum Gasteiger partial charge on any atom is 0.0845 e. The van der Waals surface area contributed by atoms with Crippen LogP contribution in [0.2, 0.25) is 10.0 Å². The number of nitrogens with zero attached hydrogens (tertiary/aromatic N) is 3. The molecule has 4 nitrogen and oxygen atoms in total. The highest BCUT2D eigenvalue weighted by Crippen LogP contribution is 2.33. The minimum Gasteiger partial charge on any atom is -0.390 e. The van der Waals surface area contributed by atoms with Crippen molar-refractivity contribution in [3.05, 3.63) is 88.4 Å². The molecule has 0 amide bonds. The third-order valence-corrected chi connectivity index (χ3v) is 7.06. The minimum atomic E-state index is -0.463. The first-order valence-electron chi connectivity index (χ1n) is 11.8. The molecule has 1 N–H and O–H groups in total. The largest absolute Gasteiger partial charge is 0.390 e. The molecule has 0 aliphatic carbocycles. The summed E-state index contributed by atoms with van der Waals surface area (Å²) in [4.78, 5) is 4.83. The van der Waals surface area contributed by atoms with Crippen molar-refractivity contribution in [2.24, 2.45) is 0 Å². The van der Waals surface area contributed by atoms with Gasteiger partial charge in [0.15, 0.2) is 0 Å². The number of hydrogen-bond acceptors (Lipinski definition) is 3. The van der Waals surface area contributed by atoms with E-state index >= 15 is 0 Å². The van der Waals surface area contributed by atoms with Crippen LogP contribution < -0.4 is 0 Å². The van der Waals surface area contributed by atoms with Gasteiger partial charge < -0.3 is 9.67 Å². The third kappa shape index (κ3) is 5.32. The number of aliphatic hydroxyl groups is 1. The molecule has 176 valence electrons. The first-order chi connectivity index (χ1) is 16.6. The summed E-state index contributed by atoms with van der Waals surface area (Å²) in [7, 11) is 0. The molecule has 1 aliphatic rings. The molecule has 0 spiro atoms. The van der Waals surface area contributed by atoms with Gasteiger partial charge in [0, 0.05) is 71.1 Å². The quantitative estimate of drug-likeness (QED) is 0.353. The summed E-state index contributed by atoms with van der Waals surface area (Å²) < 4.78 is 2.19. The van der Waals surface area contributed by atoms with Crippen LogP contribution in [0.25, 0.3) is 27.9 Å². The number of rotatable bonds is 7. The lowest BCUT2D eigenvalue weighted by Gasteiger charge is -2.35. The lowest BCUT2D eigenvalue weighted by Crippen LogP contribution is -2.48. The molecule has 3 aromatic carbocycles. The maximum atomic E-state index is 11.0. The number of aromatic nitrogens is 1. The van der Waals surface area contributed by atoms with Crippen molar-refractivity contribution in [3.8, 4) is 0 Å². The van der Waals surface area contributed by atoms with E-state index < -0.39 is 6.10 Å². The number of fused-ring (bicyclic) bond motifs is 3. The van der Waals surface area contributed by atoms with E-state index in [9.17, 15) is 5.11 Å². The zero-order chi connectivity index (χ0) is 23.5. The van der Waals surface area contributed by atoms with Gasteiger partial charge >= 0.3 is 0 Å². The molecule has 1 aromatic heterocycles. The number of aliphatic hydroxyl groups excluding tert-OH is 1. The Balaban J connectivity index is 1.20. The Morgan fingerprint density at radius 3 is 1.97 bits per heavy atom. The molecule has 1 fully saturated rings. The van der Waals surface area contributed by atoms with E-state index in [0.717, 1.165) is 54.5 Å². The molecule has 34 heavy (non-hydrogen) atoms. The number of β-amino-alcohol motifs (C(OH)–C–C–N with tert-alkyl or cyclic N) is 1. The topological polar surface area (TPSA) is 31.6 Å². The van der Waals surface area contributed by atoms with Gasteiger partial charge in [-0.3, -0.25) is 9.80 Å². The Morgan fingerprint density at radius 2 is 1.35 bits per heavy atom. The SMILES string of the molecule is OC(CN1CCN(C/C=C/c2ccccc2)CC1)Cn1c2ccc(Cl)cc2c2cc(Cl)ccc21. The molecule has 6 heteroatoms. The molecule has 0 saturated carbocycles. The fourth-order valence-corrected chi connectivity index (χ4v) is 5.21. The van der Waals surface area contributed by atoms with E-state index in [1.54, 1.807) is 0 Å². The molecule has 0 bridgehead atoms. The predicted molar refractivity (Wildman–Crippen MR) is 144 cm³/mol. The van der Waals surface area contributed by atoms with Crippen molar-refractivity contribution >= 4 is 51.1 Å². The van der Waals surface area contributed by atoms with E-state index in [1.165, 1.54) is 5.56 Å². The molecule has 1 unspecified atom stereocenters. The fourth-order valence-electron chi connectivity index (χ4n) is 4.87. The second-order valence-corrected chi connectivity index (χ2v) is 9.87. The molecular weight excluding hydrogens is 465 g/mol. The molecule has 1 aliphatic heterocycles. The number of hydrogen-bond donors (Lipinski definition) is 1. The molecule has 1 atom stereocenters. The van der Waals surface area contributed by atoms with E-state index in [1.807, 2.05) is 42.5 Å². The Hall–Kier alpha value is -2.34. The summed E-state index contributed by atoms with van der Waals surface area (Å²) in [5.74, 6) is 0. The Morgan fingerprint density at radius 1 is 0.765 bits per heavy atom. The van der Waals surface area contributed by atoms with Gasteiger partial charge in [0.05, 0.1) is 12.6 Å². The molecule has 1 saturated heterocycles. The van der Waals surface area contributed by atoms with Crippen LogP contribution in [0.1, 0.15) is 5.56 Å². The first-order valence-corrected chi connectivity index (χ1v) is 12.5. The van der Waals surface area contributed by atoms with Gasteiger partial charge in [-0.1, -0.05) is 65.7 Å². The zero-order valence-corrected chi connectivity index (χ0v) is 20.6. The summed E-state index contributed by atoms with van der Waals surface area (Å²) in [6.45, 7) is 6.11. The average molecular weight is 494 g/mol. The van der Waals surface area contributed by atoms with Crippen molar-refractivity contribution in [1.29, 1.82) is 0 Å². The lowest BCUT2D eigenvalue weighted by atomic mass is 10.1. The van der Waals surface area contributed by atoms with E-state index in [0.29, 0.717) is 23.1 Å². The van der Waals surface area contributed by atoms with Crippen LogP contribution in [0.5, 0.6) is 0 Å². The molecule has 0 radical (unpaired) electrons. The Labute approximate surface area is 210 Å². The average Bonchev–Trinajstić information content (AvgIpc) is 3.12. The standard InChI is InChI=1S/C28H29Cl2N3O/c29-22-8-10-27-25(17-22)26-18-23(30)9-11-28(26)33(27)20-24(34)19-32-15-13-31(14-16-32)12-4-7-21-5-2-1-3-6-21/h1-11,17-18,24,34H,12-16,19-20H2/b7-4+. The van der Waals surface area contributed by atoms with Crippen LogP contribution >= 0.6 is 23.2 Å². The highest BCUT2D eigenvalue weighted by molar-refractivity contribution is 6.33. The van der Waals surface area contributed by atoms with Crippen LogP contribution in [0, 0.1) is 0 Å².